The molecule has 0 saturated carbocycles. The molecule has 2 heterocycles. The molecule has 1 aliphatic rings. The molecule has 3 rings (SSSR count). The molecular weight excluding hydrogens is 424 g/mol. The van der Waals surface area contributed by atoms with Crippen molar-refractivity contribution in [1.29, 1.82) is 0 Å². The second-order valence-electron chi connectivity index (χ2n) is 8.65. The zero-order valence-electron chi connectivity index (χ0n) is 19.2. The van der Waals surface area contributed by atoms with Crippen LogP contribution < -0.4 is 20.9 Å². The average molecular weight is 455 g/mol. The number of nitrogens with zero attached hydrogens (tertiary/aromatic N) is 3. The molecule has 0 spiro atoms. The van der Waals surface area contributed by atoms with Gasteiger partial charge in [0.15, 0.2) is 0 Å². The quantitative estimate of drug-likeness (QED) is 0.541. The third-order valence-corrected chi connectivity index (χ3v) is 5.00. The van der Waals surface area contributed by atoms with Crippen molar-refractivity contribution in [1.82, 2.24) is 20.6 Å². The first kappa shape index (κ1) is 24.1. The number of hydrogen-bond acceptors (Lipinski definition) is 7. The minimum absolute atomic E-state index is 0.101. The highest BCUT2D eigenvalue weighted by Crippen LogP contribution is 2.18. The van der Waals surface area contributed by atoms with Crippen molar-refractivity contribution < 1.29 is 19.1 Å². The van der Waals surface area contributed by atoms with Gasteiger partial charge in [-0.25, -0.2) is 9.97 Å². The van der Waals surface area contributed by atoms with E-state index in [1.165, 1.54) is 6.33 Å². The van der Waals surface area contributed by atoms with Crippen LogP contribution in [-0.4, -0.2) is 67.1 Å². The summed E-state index contributed by atoms with van der Waals surface area (Å²) in [6.45, 7) is 8.68. The fraction of sp³-hybridized carbons (Fsp3) is 0.435. The van der Waals surface area contributed by atoms with Crippen LogP contribution in [0.2, 0.25) is 0 Å². The van der Waals surface area contributed by atoms with Gasteiger partial charge in [0, 0.05) is 48.9 Å². The highest BCUT2D eigenvalue weighted by Gasteiger charge is 2.21. The molecule has 10 heteroatoms. The first-order chi connectivity index (χ1) is 15.7. The molecule has 3 amide bonds. The standard InChI is InChI=1S/C23H30N6O4/c1-23(2,3)22(32)28-17-6-4-16(5-7-17)20(30)24-8-9-25-21(31)18-14-19(27-15-26-18)29-10-12-33-13-11-29/h4-7,14-15H,8-13H2,1-3H3,(H,24,30)(H,25,31)(H,28,32). The van der Waals surface area contributed by atoms with Crippen molar-refractivity contribution in [3.8, 4) is 0 Å². The Labute approximate surface area is 193 Å². The Balaban J connectivity index is 1.43. The van der Waals surface area contributed by atoms with E-state index < -0.39 is 5.41 Å². The summed E-state index contributed by atoms with van der Waals surface area (Å²) in [4.78, 5) is 47.1. The Morgan fingerprint density at radius 2 is 1.61 bits per heavy atom. The van der Waals surface area contributed by atoms with E-state index in [0.717, 1.165) is 0 Å². The summed E-state index contributed by atoms with van der Waals surface area (Å²) in [6, 6.07) is 8.29. The second-order valence-corrected chi connectivity index (χ2v) is 8.65. The van der Waals surface area contributed by atoms with E-state index in [0.29, 0.717) is 43.4 Å². The number of anilines is 2. The van der Waals surface area contributed by atoms with E-state index in [-0.39, 0.29) is 36.5 Å². The van der Waals surface area contributed by atoms with E-state index in [2.05, 4.69) is 25.9 Å². The maximum absolute atomic E-state index is 12.4. The maximum Gasteiger partial charge on any atom is 0.270 e. The number of morpholine rings is 1. The van der Waals surface area contributed by atoms with Crippen LogP contribution in [0.4, 0.5) is 11.5 Å². The predicted octanol–water partition coefficient (Wildman–Crippen LogP) is 1.46. The zero-order valence-corrected chi connectivity index (χ0v) is 19.2. The molecule has 176 valence electrons. The van der Waals surface area contributed by atoms with Gasteiger partial charge in [-0.2, -0.15) is 0 Å². The van der Waals surface area contributed by atoms with Crippen molar-refractivity contribution in [3.05, 3.63) is 47.9 Å². The van der Waals surface area contributed by atoms with Crippen molar-refractivity contribution in [3.63, 3.8) is 0 Å². The van der Waals surface area contributed by atoms with Crippen LogP contribution in [0.5, 0.6) is 0 Å². The number of carbonyl (C=O) groups excluding carboxylic acids is 3. The number of nitrogens with one attached hydrogen (secondary N) is 3. The summed E-state index contributed by atoms with van der Waals surface area (Å²) in [5.74, 6) is -0.0141. The van der Waals surface area contributed by atoms with Crippen LogP contribution in [0.25, 0.3) is 0 Å². The van der Waals surface area contributed by atoms with Crippen LogP contribution in [0, 0.1) is 5.41 Å². The van der Waals surface area contributed by atoms with Crippen LogP contribution in [0.15, 0.2) is 36.7 Å². The number of hydrogen-bond donors (Lipinski definition) is 3. The molecular formula is C23H30N6O4. The van der Waals surface area contributed by atoms with E-state index >= 15 is 0 Å². The number of amides is 3. The maximum atomic E-state index is 12.4. The van der Waals surface area contributed by atoms with Gasteiger partial charge in [0.25, 0.3) is 11.8 Å². The lowest BCUT2D eigenvalue weighted by Gasteiger charge is -2.27. The summed E-state index contributed by atoms with van der Waals surface area (Å²) in [5.41, 5.74) is 0.850. The van der Waals surface area contributed by atoms with Crippen LogP contribution in [0.1, 0.15) is 41.6 Å². The topological polar surface area (TPSA) is 126 Å². The summed E-state index contributed by atoms with van der Waals surface area (Å²) < 4.78 is 5.33. The Kier molecular flexibility index (Phi) is 7.94. The number of ether oxygens (including phenoxy) is 1. The normalized spacial score (nSPS) is 13.8. The highest BCUT2D eigenvalue weighted by atomic mass is 16.5. The molecule has 1 aromatic carbocycles. The predicted molar refractivity (Wildman–Crippen MR) is 124 cm³/mol. The lowest BCUT2D eigenvalue weighted by Crippen LogP contribution is -2.37. The minimum Gasteiger partial charge on any atom is -0.378 e. The largest absolute Gasteiger partial charge is 0.378 e. The number of benzene rings is 1. The smallest absolute Gasteiger partial charge is 0.270 e. The third-order valence-electron chi connectivity index (χ3n) is 5.00. The first-order valence-corrected chi connectivity index (χ1v) is 10.9. The van der Waals surface area contributed by atoms with Crippen LogP contribution in [0.3, 0.4) is 0 Å². The van der Waals surface area contributed by atoms with Gasteiger partial charge in [-0.05, 0) is 24.3 Å². The molecule has 0 aliphatic carbocycles. The summed E-state index contributed by atoms with van der Waals surface area (Å²) in [7, 11) is 0. The van der Waals surface area contributed by atoms with Crippen molar-refractivity contribution in [2.45, 2.75) is 20.8 Å². The molecule has 3 N–H and O–H groups in total. The third kappa shape index (κ3) is 6.98. The van der Waals surface area contributed by atoms with E-state index in [4.69, 9.17) is 4.74 Å². The molecule has 1 aliphatic heterocycles. The average Bonchev–Trinajstić information content (AvgIpc) is 2.82. The number of aromatic nitrogens is 2. The lowest BCUT2D eigenvalue weighted by molar-refractivity contribution is -0.123. The molecule has 2 aromatic rings. The van der Waals surface area contributed by atoms with Gasteiger partial charge in [0.2, 0.25) is 5.91 Å². The van der Waals surface area contributed by atoms with Gasteiger partial charge < -0.3 is 25.6 Å². The fourth-order valence-corrected chi connectivity index (χ4v) is 3.00. The number of carbonyl (C=O) groups is 3. The molecule has 0 atom stereocenters. The van der Waals surface area contributed by atoms with Crippen molar-refractivity contribution in [2.24, 2.45) is 5.41 Å². The van der Waals surface area contributed by atoms with Gasteiger partial charge >= 0.3 is 0 Å². The fourth-order valence-electron chi connectivity index (χ4n) is 3.00. The van der Waals surface area contributed by atoms with Crippen LogP contribution in [-0.2, 0) is 9.53 Å². The molecule has 0 unspecified atom stereocenters. The Hall–Kier alpha value is -3.53. The second kappa shape index (κ2) is 10.9. The lowest BCUT2D eigenvalue weighted by atomic mass is 9.95. The van der Waals surface area contributed by atoms with Gasteiger partial charge in [-0.3, -0.25) is 14.4 Å². The molecule has 1 aromatic heterocycles. The number of rotatable bonds is 7. The Bertz CT molecular complexity index is 981. The Morgan fingerprint density at radius 1 is 0.970 bits per heavy atom. The van der Waals surface area contributed by atoms with E-state index in [9.17, 15) is 14.4 Å². The molecule has 0 bridgehead atoms. The minimum atomic E-state index is -0.504. The summed E-state index contributed by atoms with van der Waals surface area (Å²) >= 11 is 0. The SMILES string of the molecule is CC(C)(C)C(=O)Nc1ccc(C(=O)NCCNC(=O)c2cc(N3CCOCC3)ncn2)cc1. The first-order valence-electron chi connectivity index (χ1n) is 10.9. The zero-order chi connectivity index (χ0) is 23.8. The molecule has 1 fully saturated rings. The molecule has 10 nitrogen and oxygen atoms in total. The van der Waals surface area contributed by atoms with E-state index in [1.807, 2.05) is 25.7 Å². The van der Waals surface area contributed by atoms with Gasteiger partial charge in [0.1, 0.15) is 17.8 Å². The van der Waals surface area contributed by atoms with Crippen molar-refractivity contribution >= 4 is 29.2 Å². The summed E-state index contributed by atoms with van der Waals surface area (Å²) in [5, 5.41) is 8.32. The van der Waals surface area contributed by atoms with Gasteiger partial charge in [0.05, 0.1) is 13.2 Å². The monoisotopic (exact) mass is 454 g/mol. The van der Waals surface area contributed by atoms with Crippen LogP contribution >= 0.6 is 0 Å². The Morgan fingerprint density at radius 3 is 2.24 bits per heavy atom. The molecule has 0 radical (unpaired) electrons. The van der Waals surface area contributed by atoms with Crippen molar-refractivity contribution in [2.75, 3.05) is 49.6 Å². The van der Waals surface area contributed by atoms with Gasteiger partial charge in [-0.15, -0.1) is 0 Å². The van der Waals surface area contributed by atoms with Gasteiger partial charge in [-0.1, -0.05) is 20.8 Å². The summed E-state index contributed by atoms with van der Waals surface area (Å²) in [6.07, 6.45) is 1.37. The molecule has 33 heavy (non-hydrogen) atoms. The molecule has 1 saturated heterocycles. The van der Waals surface area contributed by atoms with E-state index in [1.54, 1.807) is 30.3 Å². The highest BCUT2D eigenvalue weighted by molar-refractivity contribution is 5.97.